The van der Waals surface area contributed by atoms with Gasteiger partial charge >= 0.3 is 0 Å². The molecular weight excluding hydrogens is 290 g/mol. The molecule has 0 saturated heterocycles. The van der Waals surface area contributed by atoms with E-state index in [0.29, 0.717) is 5.69 Å². The van der Waals surface area contributed by atoms with Gasteiger partial charge in [0.05, 0.1) is 17.5 Å². The molecule has 0 amide bonds. The van der Waals surface area contributed by atoms with Crippen LogP contribution >= 0.6 is 15.9 Å². The standard InChI is InChI=1S/C14H12BrN3/c15-11-6-12(16)14-13(7-11)18(9-17-14)8-10-4-2-1-3-5-10/h1-7,9H,8,16H2. The van der Waals surface area contributed by atoms with E-state index >= 15 is 0 Å². The second-order valence-corrected chi connectivity index (χ2v) is 5.14. The Morgan fingerprint density at radius 3 is 2.72 bits per heavy atom. The first-order valence-electron chi connectivity index (χ1n) is 5.68. The summed E-state index contributed by atoms with van der Waals surface area (Å²) in [5, 5.41) is 0. The lowest BCUT2D eigenvalue weighted by Crippen LogP contribution is -1.98. The van der Waals surface area contributed by atoms with Gasteiger partial charge in [-0.25, -0.2) is 4.98 Å². The second-order valence-electron chi connectivity index (χ2n) is 4.22. The normalized spacial score (nSPS) is 10.9. The van der Waals surface area contributed by atoms with Gasteiger partial charge < -0.3 is 10.3 Å². The molecule has 0 unspecified atom stereocenters. The van der Waals surface area contributed by atoms with E-state index in [1.807, 2.05) is 36.7 Å². The maximum Gasteiger partial charge on any atom is 0.111 e. The quantitative estimate of drug-likeness (QED) is 0.737. The highest BCUT2D eigenvalue weighted by molar-refractivity contribution is 9.10. The minimum absolute atomic E-state index is 0.700. The van der Waals surface area contributed by atoms with Crippen molar-refractivity contribution in [2.24, 2.45) is 0 Å². The summed E-state index contributed by atoms with van der Waals surface area (Å²) in [6.07, 6.45) is 1.83. The average Bonchev–Trinajstić information content (AvgIpc) is 2.74. The third-order valence-electron chi connectivity index (χ3n) is 2.92. The van der Waals surface area contributed by atoms with Crippen LogP contribution < -0.4 is 5.73 Å². The van der Waals surface area contributed by atoms with Crippen LogP contribution in [0.1, 0.15) is 5.56 Å². The first-order valence-corrected chi connectivity index (χ1v) is 6.47. The number of imidazole rings is 1. The number of nitrogen functional groups attached to an aromatic ring is 1. The van der Waals surface area contributed by atoms with Crippen molar-refractivity contribution in [2.45, 2.75) is 6.54 Å². The summed E-state index contributed by atoms with van der Waals surface area (Å²) in [6, 6.07) is 14.2. The second kappa shape index (κ2) is 4.46. The Labute approximate surface area is 113 Å². The third-order valence-corrected chi connectivity index (χ3v) is 3.37. The smallest absolute Gasteiger partial charge is 0.111 e. The zero-order chi connectivity index (χ0) is 12.5. The predicted molar refractivity (Wildman–Crippen MR) is 77.4 cm³/mol. The van der Waals surface area contributed by atoms with Gasteiger partial charge in [-0.2, -0.15) is 0 Å². The Bertz CT molecular complexity index is 689. The fraction of sp³-hybridized carbons (Fsp3) is 0.0714. The van der Waals surface area contributed by atoms with Gasteiger partial charge in [-0.05, 0) is 17.7 Å². The lowest BCUT2D eigenvalue weighted by molar-refractivity contribution is 0.824. The number of fused-ring (bicyclic) bond motifs is 1. The summed E-state index contributed by atoms with van der Waals surface area (Å²) in [5.41, 5.74) is 9.81. The Balaban J connectivity index is 2.08. The fourth-order valence-corrected chi connectivity index (χ4v) is 2.52. The number of anilines is 1. The van der Waals surface area contributed by atoms with Crippen LogP contribution in [0.3, 0.4) is 0 Å². The van der Waals surface area contributed by atoms with E-state index in [9.17, 15) is 0 Å². The Hall–Kier alpha value is -1.81. The lowest BCUT2D eigenvalue weighted by Gasteiger charge is -2.05. The van der Waals surface area contributed by atoms with Gasteiger partial charge in [-0.1, -0.05) is 46.3 Å². The van der Waals surface area contributed by atoms with Crippen molar-refractivity contribution in [1.29, 1.82) is 0 Å². The maximum atomic E-state index is 5.96. The van der Waals surface area contributed by atoms with Crippen LogP contribution in [0.4, 0.5) is 5.69 Å². The summed E-state index contributed by atoms with van der Waals surface area (Å²) in [4.78, 5) is 4.37. The van der Waals surface area contributed by atoms with Gasteiger partial charge in [0, 0.05) is 11.0 Å². The van der Waals surface area contributed by atoms with E-state index in [0.717, 1.165) is 22.1 Å². The minimum atomic E-state index is 0.700. The molecule has 2 aromatic carbocycles. The largest absolute Gasteiger partial charge is 0.397 e. The van der Waals surface area contributed by atoms with Gasteiger partial charge in [-0.3, -0.25) is 0 Å². The molecule has 1 heterocycles. The highest BCUT2D eigenvalue weighted by Gasteiger charge is 2.07. The van der Waals surface area contributed by atoms with Crippen LogP contribution in [-0.2, 0) is 6.54 Å². The van der Waals surface area contributed by atoms with Crippen molar-refractivity contribution in [3.05, 3.63) is 58.8 Å². The molecule has 0 saturated carbocycles. The van der Waals surface area contributed by atoms with Gasteiger partial charge in [0.25, 0.3) is 0 Å². The predicted octanol–water partition coefficient (Wildman–Crippen LogP) is 3.43. The van der Waals surface area contributed by atoms with Crippen molar-refractivity contribution < 1.29 is 0 Å². The van der Waals surface area contributed by atoms with Crippen molar-refractivity contribution in [2.75, 3.05) is 5.73 Å². The van der Waals surface area contributed by atoms with E-state index in [4.69, 9.17) is 5.73 Å². The van der Waals surface area contributed by atoms with E-state index in [1.54, 1.807) is 0 Å². The first-order chi connectivity index (χ1) is 8.74. The molecular formula is C14H12BrN3. The van der Waals surface area contributed by atoms with E-state index < -0.39 is 0 Å². The van der Waals surface area contributed by atoms with Gasteiger partial charge in [0.2, 0.25) is 0 Å². The summed E-state index contributed by atoms with van der Waals surface area (Å²) >= 11 is 3.47. The molecule has 0 fully saturated rings. The number of hydrogen-bond donors (Lipinski definition) is 1. The van der Waals surface area contributed by atoms with E-state index in [-0.39, 0.29) is 0 Å². The van der Waals surface area contributed by atoms with Gasteiger partial charge in [-0.15, -0.1) is 0 Å². The monoisotopic (exact) mass is 301 g/mol. The summed E-state index contributed by atoms with van der Waals surface area (Å²) in [7, 11) is 0. The number of nitrogens with zero attached hydrogens (tertiary/aromatic N) is 2. The maximum absolute atomic E-state index is 5.96. The highest BCUT2D eigenvalue weighted by atomic mass is 79.9. The zero-order valence-corrected chi connectivity index (χ0v) is 11.3. The molecule has 18 heavy (non-hydrogen) atoms. The zero-order valence-electron chi connectivity index (χ0n) is 9.68. The molecule has 0 radical (unpaired) electrons. The highest BCUT2D eigenvalue weighted by Crippen LogP contribution is 2.25. The average molecular weight is 302 g/mol. The molecule has 0 aliphatic carbocycles. The molecule has 0 spiro atoms. The fourth-order valence-electron chi connectivity index (χ4n) is 2.06. The first kappa shape index (κ1) is 11.3. The molecule has 0 bridgehead atoms. The SMILES string of the molecule is Nc1cc(Br)cc2c1ncn2Cc1ccccc1. The third kappa shape index (κ3) is 1.99. The van der Waals surface area contributed by atoms with Crippen molar-refractivity contribution >= 4 is 32.7 Å². The number of halogens is 1. The Morgan fingerprint density at radius 1 is 1.17 bits per heavy atom. The van der Waals surface area contributed by atoms with Crippen LogP contribution in [0, 0.1) is 0 Å². The molecule has 0 aliphatic heterocycles. The summed E-state index contributed by atoms with van der Waals surface area (Å²) in [6.45, 7) is 0.799. The number of nitrogens with two attached hydrogens (primary N) is 1. The van der Waals surface area contributed by atoms with Crippen LogP contribution in [0.5, 0.6) is 0 Å². The Morgan fingerprint density at radius 2 is 1.94 bits per heavy atom. The van der Waals surface area contributed by atoms with Crippen molar-refractivity contribution in [3.63, 3.8) is 0 Å². The molecule has 0 atom stereocenters. The van der Waals surface area contributed by atoms with Crippen LogP contribution in [0.25, 0.3) is 11.0 Å². The number of aromatic nitrogens is 2. The van der Waals surface area contributed by atoms with Gasteiger partial charge in [0.1, 0.15) is 5.52 Å². The molecule has 1 aromatic heterocycles. The number of benzene rings is 2. The molecule has 4 heteroatoms. The molecule has 3 nitrogen and oxygen atoms in total. The molecule has 90 valence electrons. The van der Waals surface area contributed by atoms with Crippen LogP contribution in [0.2, 0.25) is 0 Å². The molecule has 3 aromatic rings. The van der Waals surface area contributed by atoms with Crippen molar-refractivity contribution in [1.82, 2.24) is 9.55 Å². The van der Waals surface area contributed by atoms with Crippen LogP contribution in [0.15, 0.2) is 53.3 Å². The molecule has 3 rings (SSSR count). The molecule has 2 N–H and O–H groups in total. The Kier molecular flexibility index (Phi) is 2.80. The van der Waals surface area contributed by atoms with Crippen LogP contribution in [-0.4, -0.2) is 9.55 Å². The lowest BCUT2D eigenvalue weighted by atomic mass is 10.2. The number of hydrogen-bond acceptors (Lipinski definition) is 2. The van der Waals surface area contributed by atoms with E-state index in [2.05, 4.69) is 37.6 Å². The van der Waals surface area contributed by atoms with E-state index in [1.165, 1.54) is 5.56 Å². The topological polar surface area (TPSA) is 43.8 Å². The van der Waals surface area contributed by atoms with Gasteiger partial charge in [0.15, 0.2) is 0 Å². The van der Waals surface area contributed by atoms with Crippen molar-refractivity contribution in [3.8, 4) is 0 Å². The summed E-state index contributed by atoms with van der Waals surface area (Å²) < 4.78 is 3.08. The minimum Gasteiger partial charge on any atom is -0.397 e. The molecule has 0 aliphatic rings. The summed E-state index contributed by atoms with van der Waals surface area (Å²) in [5.74, 6) is 0. The number of rotatable bonds is 2.